The number of halogens is 1. The summed E-state index contributed by atoms with van der Waals surface area (Å²) in [6.45, 7) is 1.11. The molecule has 3 aromatic carbocycles. The van der Waals surface area contributed by atoms with Crippen molar-refractivity contribution < 1.29 is 24.2 Å². The van der Waals surface area contributed by atoms with E-state index in [2.05, 4.69) is 22.0 Å². The van der Waals surface area contributed by atoms with Crippen molar-refractivity contribution in [2.24, 2.45) is 0 Å². The molecule has 0 saturated heterocycles. The average molecular weight is 601 g/mol. The number of hydrogen-bond acceptors (Lipinski definition) is 7. The summed E-state index contributed by atoms with van der Waals surface area (Å²) in [5.74, 6) is 0.280. The Labute approximate surface area is 255 Å². The summed E-state index contributed by atoms with van der Waals surface area (Å²) in [4.78, 5) is 38.4. The van der Waals surface area contributed by atoms with Gasteiger partial charge in [0.25, 0.3) is 5.91 Å². The van der Waals surface area contributed by atoms with Crippen LogP contribution in [0.2, 0.25) is 5.02 Å². The summed E-state index contributed by atoms with van der Waals surface area (Å²) in [6.07, 6.45) is 3.46. The number of carbonyl (C=O) groups is 2. The van der Waals surface area contributed by atoms with Crippen LogP contribution in [0.5, 0.6) is 11.5 Å². The number of hydrogen-bond donors (Lipinski definition) is 1. The Balaban J connectivity index is 1.39. The van der Waals surface area contributed by atoms with Crippen LogP contribution in [0, 0.1) is 0 Å². The minimum atomic E-state index is -1.12. The van der Waals surface area contributed by atoms with E-state index in [1.54, 1.807) is 31.4 Å². The second-order valence-electron chi connectivity index (χ2n) is 10.2. The maximum absolute atomic E-state index is 13.8. The molecule has 43 heavy (non-hydrogen) atoms. The monoisotopic (exact) mass is 600 g/mol. The maximum Gasteiger partial charge on any atom is 0.323 e. The first-order chi connectivity index (χ1) is 20.9. The Bertz CT molecular complexity index is 1580. The van der Waals surface area contributed by atoms with Gasteiger partial charge in [0.2, 0.25) is 5.95 Å². The fourth-order valence-corrected chi connectivity index (χ4v) is 5.20. The smallest absolute Gasteiger partial charge is 0.323 e. The molecular formula is C33H33ClN4O5. The van der Waals surface area contributed by atoms with Crippen LogP contribution in [0.3, 0.4) is 0 Å². The lowest BCUT2D eigenvalue weighted by Crippen LogP contribution is -2.39. The third-order valence-corrected chi connectivity index (χ3v) is 7.59. The zero-order valence-corrected chi connectivity index (χ0v) is 24.7. The molecule has 1 N–H and O–H groups in total. The van der Waals surface area contributed by atoms with Crippen LogP contribution >= 0.6 is 11.6 Å². The zero-order valence-electron chi connectivity index (χ0n) is 23.9. The van der Waals surface area contributed by atoms with Gasteiger partial charge in [0.1, 0.15) is 24.7 Å². The van der Waals surface area contributed by atoms with E-state index in [1.807, 2.05) is 36.4 Å². The molecule has 0 spiro atoms. The molecule has 222 valence electrons. The molecule has 0 saturated carbocycles. The number of methoxy groups -OCH3 is 1. The van der Waals surface area contributed by atoms with Crippen molar-refractivity contribution in [1.82, 2.24) is 14.9 Å². The van der Waals surface area contributed by atoms with Gasteiger partial charge in [0.15, 0.2) is 0 Å². The minimum Gasteiger partial charge on any atom is -0.497 e. The highest BCUT2D eigenvalue weighted by Crippen LogP contribution is 2.24. The SMILES string of the molecule is COc1cccc(CCc2nc(N3CCc4ccccc4C3)ncc2C(=O)N(CCOc2ccc(Cl)cc2)CC(=O)O)c1. The topological polar surface area (TPSA) is 105 Å². The summed E-state index contributed by atoms with van der Waals surface area (Å²) in [6, 6.07) is 22.9. The molecule has 1 aliphatic rings. The van der Waals surface area contributed by atoms with E-state index < -0.39 is 18.4 Å². The van der Waals surface area contributed by atoms with Gasteiger partial charge in [-0.1, -0.05) is 48.0 Å². The molecule has 0 radical (unpaired) electrons. The molecule has 4 aromatic rings. The van der Waals surface area contributed by atoms with Crippen molar-refractivity contribution >= 4 is 29.4 Å². The van der Waals surface area contributed by atoms with Crippen LogP contribution in [0.25, 0.3) is 0 Å². The van der Waals surface area contributed by atoms with Gasteiger partial charge in [-0.3, -0.25) is 9.59 Å². The van der Waals surface area contributed by atoms with E-state index >= 15 is 0 Å². The molecule has 1 aromatic heterocycles. The van der Waals surface area contributed by atoms with E-state index in [0.29, 0.717) is 41.8 Å². The number of carboxylic acid groups (broad SMARTS) is 1. The van der Waals surface area contributed by atoms with E-state index in [4.69, 9.17) is 26.1 Å². The molecule has 9 nitrogen and oxygen atoms in total. The molecular weight excluding hydrogens is 568 g/mol. The second-order valence-corrected chi connectivity index (χ2v) is 10.7. The number of aliphatic carboxylic acids is 1. The van der Waals surface area contributed by atoms with Gasteiger partial charge in [0, 0.05) is 24.3 Å². The molecule has 0 unspecified atom stereocenters. The number of rotatable bonds is 12. The van der Waals surface area contributed by atoms with E-state index in [-0.39, 0.29) is 18.7 Å². The fraction of sp³-hybridized carbons (Fsp3) is 0.273. The highest BCUT2D eigenvalue weighted by molar-refractivity contribution is 6.30. The maximum atomic E-state index is 13.8. The third-order valence-electron chi connectivity index (χ3n) is 7.34. The largest absolute Gasteiger partial charge is 0.497 e. The number of fused-ring (bicyclic) bond motifs is 1. The number of amides is 1. The fourth-order valence-electron chi connectivity index (χ4n) is 5.08. The lowest BCUT2D eigenvalue weighted by molar-refractivity contribution is -0.137. The first kappa shape index (κ1) is 29.8. The minimum absolute atomic E-state index is 0.0632. The van der Waals surface area contributed by atoms with Crippen molar-refractivity contribution in [2.75, 3.05) is 38.3 Å². The molecule has 2 heterocycles. The highest BCUT2D eigenvalue weighted by atomic mass is 35.5. The lowest BCUT2D eigenvalue weighted by Gasteiger charge is -2.29. The number of aromatic nitrogens is 2. The van der Waals surface area contributed by atoms with E-state index in [1.165, 1.54) is 22.2 Å². The van der Waals surface area contributed by atoms with Crippen LogP contribution < -0.4 is 14.4 Å². The van der Waals surface area contributed by atoms with Crippen molar-refractivity contribution in [1.29, 1.82) is 0 Å². The number of anilines is 1. The summed E-state index contributed by atoms with van der Waals surface area (Å²) in [5, 5.41) is 10.2. The van der Waals surface area contributed by atoms with Gasteiger partial charge in [-0.15, -0.1) is 0 Å². The summed E-state index contributed by atoms with van der Waals surface area (Å²) >= 11 is 5.95. The first-order valence-electron chi connectivity index (χ1n) is 14.1. The van der Waals surface area contributed by atoms with Crippen LogP contribution in [0.15, 0.2) is 79.0 Å². The Kier molecular flexibility index (Phi) is 9.73. The Morgan fingerprint density at radius 3 is 2.56 bits per heavy atom. The molecule has 1 amide bonds. The standard InChI is InChI=1S/C33H33ClN4O5/c1-42-28-8-4-5-23(19-28)9-14-30-29(20-35-33(36-30)38-16-15-24-6-2-3-7-25(24)21-38)32(41)37(22-31(39)40)17-18-43-27-12-10-26(34)11-13-27/h2-8,10-13,19-20H,9,14-18,21-22H2,1H3,(H,39,40). The Morgan fingerprint density at radius 2 is 1.79 bits per heavy atom. The van der Waals surface area contributed by atoms with Gasteiger partial charge in [-0.25, -0.2) is 9.97 Å². The Morgan fingerprint density at radius 1 is 1.00 bits per heavy atom. The van der Waals surface area contributed by atoms with Gasteiger partial charge < -0.3 is 24.4 Å². The molecule has 1 aliphatic heterocycles. The predicted octanol–water partition coefficient (Wildman–Crippen LogP) is 5.09. The van der Waals surface area contributed by atoms with Crippen molar-refractivity contribution in [3.8, 4) is 11.5 Å². The molecule has 0 aliphatic carbocycles. The molecule has 10 heteroatoms. The van der Waals surface area contributed by atoms with Crippen LogP contribution in [-0.2, 0) is 30.6 Å². The van der Waals surface area contributed by atoms with Gasteiger partial charge in [0.05, 0.1) is 24.9 Å². The molecule has 0 atom stereocenters. The molecule has 0 fully saturated rings. The highest BCUT2D eigenvalue weighted by Gasteiger charge is 2.25. The zero-order chi connectivity index (χ0) is 30.2. The second kappa shape index (κ2) is 14.0. The van der Waals surface area contributed by atoms with Crippen molar-refractivity contribution in [3.63, 3.8) is 0 Å². The third kappa shape index (κ3) is 7.81. The number of carboxylic acids is 1. The van der Waals surface area contributed by atoms with Crippen LogP contribution in [-0.4, -0.2) is 65.2 Å². The van der Waals surface area contributed by atoms with Gasteiger partial charge in [-0.05, 0) is 72.4 Å². The van der Waals surface area contributed by atoms with E-state index in [0.717, 1.165) is 24.3 Å². The summed E-state index contributed by atoms with van der Waals surface area (Å²) in [7, 11) is 1.62. The summed E-state index contributed by atoms with van der Waals surface area (Å²) in [5.41, 5.74) is 4.41. The number of nitrogens with zero attached hydrogens (tertiary/aromatic N) is 4. The number of ether oxygens (including phenoxy) is 2. The normalized spacial score (nSPS) is 12.4. The Hall–Kier alpha value is -4.63. The first-order valence-corrected chi connectivity index (χ1v) is 14.5. The van der Waals surface area contributed by atoms with Crippen molar-refractivity contribution in [3.05, 3.63) is 112 Å². The van der Waals surface area contributed by atoms with Crippen LogP contribution in [0.1, 0.15) is 32.7 Å². The number of aryl methyl sites for hydroxylation is 2. The van der Waals surface area contributed by atoms with E-state index in [9.17, 15) is 14.7 Å². The van der Waals surface area contributed by atoms with Gasteiger partial charge >= 0.3 is 5.97 Å². The molecule has 0 bridgehead atoms. The molecule has 5 rings (SSSR count). The quantitative estimate of drug-likeness (QED) is 0.240. The number of carbonyl (C=O) groups excluding carboxylic acids is 1. The predicted molar refractivity (Wildman–Crippen MR) is 164 cm³/mol. The average Bonchev–Trinajstić information content (AvgIpc) is 3.03. The van der Waals surface area contributed by atoms with Crippen LogP contribution in [0.4, 0.5) is 5.95 Å². The summed E-state index contributed by atoms with van der Waals surface area (Å²) < 4.78 is 11.1. The van der Waals surface area contributed by atoms with Crippen molar-refractivity contribution in [2.45, 2.75) is 25.8 Å². The van der Waals surface area contributed by atoms with Gasteiger partial charge in [-0.2, -0.15) is 0 Å². The lowest BCUT2D eigenvalue weighted by atomic mass is 10.0. The number of benzene rings is 3.